The van der Waals surface area contributed by atoms with Gasteiger partial charge in [-0.25, -0.2) is 9.59 Å². The summed E-state index contributed by atoms with van der Waals surface area (Å²) >= 11 is 0. The molecule has 0 aliphatic carbocycles. The van der Waals surface area contributed by atoms with E-state index in [4.69, 9.17) is 19.7 Å². The minimum atomic E-state index is -1.08. The Morgan fingerprint density at radius 2 is 1.07 bits per heavy atom. The van der Waals surface area contributed by atoms with E-state index in [9.17, 15) is 9.59 Å². The lowest BCUT2D eigenvalue weighted by Crippen LogP contribution is -2.18. The van der Waals surface area contributed by atoms with E-state index < -0.39 is 11.9 Å². The maximum Gasteiger partial charge on any atom is 0.334 e. The Morgan fingerprint density at radius 3 is 1.34 bits per heavy atom. The topological polar surface area (TPSA) is 93.1 Å². The lowest BCUT2D eigenvalue weighted by Gasteiger charge is -2.26. The zero-order valence-electron chi connectivity index (χ0n) is 16.5. The molecule has 0 spiro atoms. The van der Waals surface area contributed by atoms with Crippen LogP contribution in [0.3, 0.4) is 0 Å². The molecule has 0 bridgehead atoms. The number of carboxylic acids is 2. The molecule has 0 saturated heterocycles. The van der Waals surface area contributed by atoms with Crippen LogP contribution in [0.25, 0.3) is 0 Å². The van der Waals surface area contributed by atoms with Crippen LogP contribution >= 0.6 is 0 Å². The summed E-state index contributed by atoms with van der Waals surface area (Å²) < 4.78 is 10.9. The van der Waals surface area contributed by atoms with Crippen molar-refractivity contribution in [1.82, 2.24) is 0 Å². The molecule has 0 radical (unpaired) electrons. The molecular formula is C23H24O6. The molecule has 2 aromatic rings. The van der Waals surface area contributed by atoms with E-state index in [1.807, 2.05) is 24.3 Å². The van der Waals surface area contributed by atoms with Gasteiger partial charge in [0.15, 0.2) is 0 Å². The summed E-state index contributed by atoms with van der Waals surface area (Å²) in [7, 11) is 0. The Hall–Kier alpha value is -3.54. The Kier molecular flexibility index (Phi) is 6.83. The fourth-order valence-corrected chi connectivity index (χ4v) is 2.57. The first-order valence-electron chi connectivity index (χ1n) is 8.90. The molecule has 0 aliphatic rings. The van der Waals surface area contributed by atoms with Crippen LogP contribution in [0.4, 0.5) is 0 Å². The van der Waals surface area contributed by atoms with E-state index in [2.05, 4.69) is 27.0 Å². The molecule has 2 N–H and O–H groups in total. The van der Waals surface area contributed by atoms with Crippen molar-refractivity contribution in [3.8, 4) is 11.5 Å². The predicted molar refractivity (Wildman–Crippen MR) is 110 cm³/mol. The van der Waals surface area contributed by atoms with E-state index in [1.165, 1.54) is 0 Å². The fourth-order valence-electron chi connectivity index (χ4n) is 2.57. The Labute approximate surface area is 169 Å². The lowest BCUT2D eigenvalue weighted by molar-refractivity contribution is -0.134. The Bertz CT molecular complexity index is 832. The van der Waals surface area contributed by atoms with Crippen molar-refractivity contribution in [2.24, 2.45) is 0 Å². The minimum absolute atomic E-state index is 0.0105. The van der Waals surface area contributed by atoms with Crippen LogP contribution < -0.4 is 9.47 Å². The van der Waals surface area contributed by atoms with Crippen molar-refractivity contribution < 1.29 is 29.3 Å². The van der Waals surface area contributed by atoms with Crippen LogP contribution in [0.2, 0.25) is 0 Å². The molecule has 2 aromatic carbocycles. The van der Waals surface area contributed by atoms with Gasteiger partial charge in [-0.05, 0) is 35.4 Å². The van der Waals surface area contributed by atoms with Crippen LogP contribution in [0, 0.1) is 0 Å². The number of carboxylic acid groups (broad SMARTS) is 2. The molecule has 6 nitrogen and oxygen atoms in total. The summed E-state index contributed by atoms with van der Waals surface area (Å²) in [4.78, 5) is 21.5. The fraction of sp³-hybridized carbons (Fsp3) is 0.217. The minimum Gasteiger partial charge on any atom is -0.489 e. The normalized spacial score (nSPS) is 10.8. The molecule has 6 heteroatoms. The molecule has 0 aromatic heterocycles. The number of benzene rings is 2. The summed E-state index contributed by atoms with van der Waals surface area (Å²) in [5.74, 6) is -1.03. The van der Waals surface area contributed by atoms with E-state index in [0.29, 0.717) is 11.5 Å². The summed E-state index contributed by atoms with van der Waals surface area (Å²) in [5.41, 5.74) is 1.78. The molecule has 2 rings (SSSR count). The third-order valence-electron chi connectivity index (χ3n) is 4.58. The van der Waals surface area contributed by atoms with Gasteiger partial charge in [0.1, 0.15) is 24.7 Å². The van der Waals surface area contributed by atoms with E-state index in [0.717, 1.165) is 11.1 Å². The first kappa shape index (κ1) is 21.8. The first-order valence-corrected chi connectivity index (χ1v) is 8.90. The van der Waals surface area contributed by atoms with Gasteiger partial charge in [0.2, 0.25) is 0 Å². The number of rotatable bonds is 10. The van der Waals surface area contributed by atoms with Gasteiger partial charge in [0, 0.05) is 5.41 Å². The Balaban J connectivity index is 2.05. The highest BCUT2D eigenvalue weighted by Gasteiger charge is 2.23. The zero-order chi connectivity index (χ0) is 21.6. The Morgan fingerprint density at radius 1 is 0.759 bits per heavy atom. The van der Waals surface area contributed by atoms with Gasteiger partial charge in [-0.3, -0.25) is 0 Å². The van der Waals surface area contributed by atoms with E-state index in [-0.39, 0.29) is 29.8 Å². The number of aliphatic carboxylic acids is 2. The monoisotopic (exact) mass is 396 g/mol. The highest BCUT2D eigenvalue weighted by Crippen LogP contribution is 2.33. The third-order valence-corrected chi connectivity index (χ3v) is 4.58. The van der Waals surface area contributed by atoms with Gasteiger partial charge in [-0.15, -0.1) is 0 Å². The second-order valence-corrected chi connectivity index (χ2v) is 7.07. The standard InChI is InChI=1S/C23H24O6/c1-15(21(24)25)13-28-19-9-5-17(6-10-19)23(3,4)18-7-11-20(12-8-18)29-14-16(2)22(26)27/h5-12H,1-2,13-14H2,3-4H3,(H,24,25)(H,26,27). The van der Waals surface area contributed by atoms with Crippen LogP contribution in [-0.2, 0) is 15.0 Å². The molecule has 0 unspecified atom stereocenters. The van der Waals surface area contributed by atoms with Gasteiger partial charge < -0.3 is 19.7 Å². The van der Waals surface area contributed by atoms with Crippen molar-refractivity contribution in [1.29, 1.82) is 0 Å². The number of carbonyl (C=O) groups is 2. The molecule has 0 saturated carbocycles. The van der Waals surface area contributed by atoms with E-state index in [1.54, 1.807) is 24.3 Å². The quantitative estimate of drug-likeness (QED) is 0.589. The number of hydrogen-bond donors (Lipinski definition) is 2. The number of ether oxygens (including phenoxy) is 2. The SMILES string of the molecule is C=C(COc1ccc(C(C)(C)c2ccc(OCC(=C)C(=O)O)cc2)cc1)C(=O)O. The molecule has 0 heterocycles. The average Bonchev–Trinajstić information content (AvgIpc) is 2.70. The maximum absolute atomic E-state index is 10.8. The van der Waals surface area contributed by atoms with Crippen molar-refractivity contribution in [2.45, 2.75) is 19.3 Å². The largest absolute Gasteiger partial charge is 0.489 e. The lowest BCUT2D eigenvalue weighted by atomic mass is 9.78. The van der Waals surface area contributed by atoms with Gasteiger partial charge in [0.05, 0.1) is 11.1 Å². The number of hydrogen-bond acceptors (Lipinski definition) is 4. The van der Waals surface area contributed by atoms with Gasteiger partial charge in [-0.1, -0.05) is 51.3 Å². The van der Waals surface area contributed by atoms with Gasteiger partial charge in [-0.2, -0.15) is 0 Å². The van der Waals surface area contributed by atoms with Crippen LogP contribution in [0.15, 0.2) is 72.8 Å². The molecule has 0 amide bonds. The zero-order valence-corrected chi connectivity index (χ0v) is 16.5. The average molecular weight is 396 g/mol. The molecule has 0 atom stereocenters. The van der Waals surface area contributed by atoms with Crippen LogP contribution in [0.1, 0.15) is 25.0 Å². The summed E-state index contributed by atoms with van der Waals surface area (Å²) in [6.07, 6.45) is 0. The van der Waals surface area contributed by atoms with Crippen molar-refractivity contribution >= 4 is 11.9 Å². The van der Waals surface area contributed by atoms with E-state index >= 15 is 0 Å². The third kappa shape index (κ3) is 5.72. The molecule has 29 heavy (non-hydrogen) atoms. The van der Waals surface area contributed by atoms with Gasteiger partial charge in [0.25, 0.3) is 0 Å². The van der Waals surface area contributed by atoms with Crippen LogP contribution in [-0.4, -0.2) is 35.4 Å². The van der Waals surface area contributed by atoms with Crippen molar-refractivity contribution in [3.05, 3.63) is 84.0 Å². The molecule has 0 fully saturated rings. The summed E-state index contributed by atoms with van der Waals surface area (Å²) in [5, 5.41) is 17.6. The van der Waals surface area contributed by atoms with Crippen molar-refractivity contribution in [3.63, 3.8) is 0 Å². The summed E-state index contributed by atoms with van der Waals surface area (Å²) in [6.45, 7) is 10.9. The predicted octanol–water partition coefficient (Wildman–Crippen LogP) is 4.05. The van der Waals surface area contributed by atoms with Gasteiger partial charge >= 0.3 is 11.9 Å². The molecular weight excluding hydrogens is 372 g/mol. The highest BCUT2D eigenvalue weighted by molar-refractivity contribution is 5.86. The summed E-state index contributed by atoms with van der Waals surface area (Å²) in [6, 6.07) is 14.9. The van der Waals surface area contributed by atoms with Crippen LogP contribution in [0.5, 0.6) is 11.5 Å². The first-order chi connectivity index (χ1) is 13.6. The highest BCUT2D eigenvalue weighted by atomic mass is 16.5. The second-order valence-electron chi connectivity index (χ2n) is 7.07. The smallest absolute Gasteiger partial charge is 0.334 e. The second kappa shape index (κ2) is 9.10. The molecule has 0 aliphatic heterocycles. The van der Waals surface area contributed by atoms with Crippen molar-refractivity contribution in [2.75, 3.05) is 13.2 Å². The molecule has 152 valence electrons. The maximum atomic E-state index is 10.8.